The zero-order chi connectivity index (χ0) is 20.8. The van der Waals surface area contributed by atoms with Gasteiger partial charge in [-0.1, -0.05) is 18.2 Å². The Morgan fingerprint density at radius 1 is 1.07 bits per heavy atom. The fraction of sp³-hybridized carbons (Fsp3) is 0.400. The third-order valence-electron chi connectivity index (χ3n) is 4.27. The van der Waals surface area contributed by atoms with Crippen molar-refractivity contribution in [2.75, 3.05) is 14.2 Å². The van der Waals surface area contributed by atoms with E-state index < -0.39 is 30.1 Å². The Morgan fingerprint density at radius 2 is 1.75 bits per heavy atom. The highest BCUT2D eigenvalue weighted by molar-refractivity contribution is 5.98. The van der Waals surface area contributed by atoms with Crippen molar-refractivity contribution in [2.45, 2.75) is 38.1 Å². The number of carbonyl (C=O) groups is 2. The van der Waals surface area contributed by atoms with Crippen molar-refractivity contribution in [1.29, 1.82) is 0 Å². The minimum absolute atomic E-state index is 0.0766. The van der Waals surface area contributed by atoms with Gasteiger partial charge in [0.05, 0.1) is 20.3 Å². The number of carbonyl (C=O) groups excluding carboxylic acids is 2. The molecule has 3 unspecified atom stereocenters. The number of aromatic hydroxyl groups is 1. The van der Waals surface area contributed by atoms with Crippen LogP contribution in [0, 0.1) is 0 Å². The van der Waals surface area contributed by atoms with Crippen LogP contribution in [0.2, 0.25) is 0 Å². The minimum atomic E-state index is -1.58. The second kappa shape index (κ2) is 9.38. The van der Waals surface area contributed by atoms with Gasteiger partial charge in [-0.3, -0.25) is 4.79 Å². The van der Waals surface area contributed by atoms with E-state index in [1.165, 1.54) is 38.5 Å². The lowest BCUT2D eigenvalue weighted by Crippen LogP contribution is -2.32. The average molecular weight is 392 g/mol. The molecule has 0 aromatic heterocycles. The molecule has 0 saturated heterocycles. The average Bonchev–Trinajstić information content (AvgIpc) is 2.65. The van der Waals surface area contributed by atoms with Gasteiger partial charge < -0.3 is 29.5 Å². The molecular formula is C20H24O8. The molecule has 1 aromatic rings. The Morgan fingerprint density at radius 3 is 2.39 bits per heavy atom. The van der Waals surface area contributed by atoms with E-state index in [0.717, 1.165) is 6.08 Å². The maximum Gasteiger partial charge on any atom is 0.342 e. The fourth-order valence-electron chi connectivity index (χ4n) is 2.79. The number of benzene rings is 1. The molecule has 0 aliphatic carbocycles. The smallest absolute Gasteiger partial charge is 0.342 e. The molecule has 1 aliphatic heterocycles. The van der Waals surface area contributed by atoms with E-state index in [0.29, 0.717) is 0 Å². The van der Waals surface area contributed by atoms with Gasteiger partial charge in [0.15, 0.2) is 17.3 Å². The molecule has 0 spiro atoms. The van der Waals surface area contributed by atoms with Gasteiger partial charge >= 0.3 is 5.97 Å². The predicted molar refractivity (Wildman–Crippen MR) is 101 cm³/mol. The highest BCUT2D eigenvalue weighted by Crippen LogP contribution is 2.40. The number of ketones is 1. The molecular weight excluding hydrogens is 368 g/mol. The normalized spacial score (nSPS) is 25.8. The summed E-state index contributed by atoms with van der Waals surface area (Å²) in [5, 5.41) is 30.3. The van der Waals surface area contributed by atoms with Crippen molar-refractivity contribution in [2.24, 2.45) is 0 Å². The zero-order valence-corrected chi connectivity index (χ0v) is 15.9. The predicted octanol–water partition coefficient (Wildman–Crippen LogP) is 1.61. The number of hydrogen-bond acceptors (Lipinski definition) is 8. The van der Waals surface area contributed by atoms with Gasteiger partial charge in [0.25, 0.3) is 0 Å². The summed E-state index contributed by atoms with van der Waals surface area (Å²) in [6.45, 7) is 1.62. The maximum absolute atomic E-state index is 12.7. The molecule has 0 radical (unpaired) electrons. The Balaban J connectivity index is 2.58. The number of methoxy groups -OCH3 is 2. The standard InChI is InChI=1S/C20H24O8/c1-11-6-4-8-13(21)18(24)14(22)9-5-7-12-17(20(25)28-11)15(23)10-16(26-2)19(12)27-3/h4-5,7-8,10-11,14,18,22-24H,6,9H2,1-3H3/b7-5-,8-4-. The highest BCUT2D eigenvalue weighted by atomic mass is 16.5. The van der Waals surface area contributed by atoms with Gasteiger partial charge in [-0.15, -0.1) is 0 Å². The largest absolute Gasteiger partial charge is 0.507 e. The van der Waals surface area contributed by atoms with Crippen LogP contribution in [-0.4, -0.2) is 59.6 Å². The van der Waals surface area contributed by atoms with Crippen molar-refractivity contribution in [3.8, 4) is 17.2 Å². The molecule has 3 atom stereocenters. The lowest BCUT2D eigenvalue weighted by Gasteiger charge is -2.18. The molecule has 28 heavy (non-hydrogen) atoms. The SMILES string of the molecule is COc1cc(O)c2c(c1OC)/C=C\CC(O)C(O)C(=O)/C=C\CC(C)OC2=O. The van der Waals surface area contributed by atoms with Crippen molar-refractivity contribution < 1.29 is 39.1 Å². The molecule has 1 heterocycles. The molecule has 8 nitrogen and oxygen atoms in total. The van der Waals surface area contributed by atoms with Crippen LogP contribution in [0.15, 0.2) is 24.3 Å². The molecule has 3 N–H and O–H groups in total. The summed E-state index contributed by atoms with van der Waals surface area (Å²) in [6, 6.07) is 1.25. The first-order chi connectivity index (χ1) is 13.3. The van der Waals surface area contributed by atoms with Gasteiger partial charge in [0.2, 0.25) is 0 Å². The van der Waals surface area contributed by atoms with Gasteiger partial charge in [-0.25, -0.2) is 4.79 Å². The molecule has 0 saturated carbocycles. The Kier molecular flexibility index (Phi) is 7.19. The Bertz CT molecular complexity index is 796. The monoisotopic (exact) mass is 392 g/mol. The van der Waals surface area contributed by atoms with E-state index in [2.05, 4.69) is 0 Å². The van der Waals surface area contributed by atoms with E-state index >= 15 is 0 Å². The number of ether oxygens (including phenoxy) is 3. The first kappa shape index (κ1) is 21.5. The maximum atomic E-state index is 12.7. The van der Waals surface area contributed by atoms with Crippen molar-refractivity contribution in [1.82, 2.24) is 0 Å². The molecule has 8 heteroatoms. The molecule has 0 fully saturated rings. The van der Waals surface area contributed by atoms with Crippen molar-refractivity contribution in [3.63, 3.8) is 0 Å². The third-order valence-corrected chi connectivity index (χ3v) is 4.27. The van der Waals surface area contributed by atoms with Crippen LogP contribution in [0.5, 0.6) is 17.2 Å². The number of phenols is 1. The zero-order valence-electron chi connectivity index (χ0n) is 15.9. The first-order valence-corrected chi connectivity index (χ1v) is 8.72. The number of aliphatic hydroxyl groups excluding tert-OH is 2. The van der Waals surface area contributed by atoms with Gasteiger partial charge in [0, 0.05) is 18.1 Å². The van der Waals surface area contributed by atoms with Gasteiger partial charge in [-0.2, -0.15) is 0 Å². The van der Waals surface area contributed by atoms with Gasteiger partial charge in [0.1, 0.15) is 23.5 Å². The Labute approximate surface area is 162 Å². The molecule has 1 aromatic carbocycles. The van der Waals surface area contributed by atoms with E-state index in [1.54, 1.807) is 6.92 Å². The van der Waals surface area contributed by atoms with Crippen LogP contribution in [0.1, 0.15) is 35.7 Å². The molecule has 0 bridgehead atoms. The summed E-state index contributed by atoms with van der Waals surface area (Å²) in [7, 11) is 2.76. The van der Waals surface area contributed by atoms with Crippen LogP contribution in [0.3, 0.4) is 0 Å². The molecule has 152 valence electrons. The second-order valence-electron chi connectivity index (χ2n) is 6.33. The third kappa shape index (κ3) is 4.71. The molecule has 2 rings (SSSR count). The van der Waals surface area contributed by atoms with Crippen molar-refractivity contribution >= 4 is 17.8 Å². The number of hydrogen-bond donors (Lipinski definition) is 3. The molecule has 1 aliphatic rings. The fourth-order valence-corrected chi connectivity index (χ4v) is 2.79. The number of esters is 1. The van der Waals surface area contributed by atoms with Crippen LogP contribution in [-0.2, 0) is 9.53 Å². The number of fused-ring (bicyclic) bond motifs is 1. The topological polar surface area (TPSA) is 123 Å². The number of cyclic esters (lactones) is 1. The summed E-state index contributed by atoms with van der Waals surface area (Å²) in [5.74, 6) is -1.39. The van der Waals surface area contributed by atoms with Crippen LogP contribution >= 0.6 is 0 Å². The van der Waals surface area contributed by atoms with Crippen LogP contribution < -0.4 is 9.47 Å². The first-order valence-electron chi connectivity index (χ1n) is 8.72. The lowest BCUT2D eigenvalue weighted by atomic mass is 10.0. The van der Waals surface area contributed by atoms with Crippen molar-refractivity contribution in [3.05, 3.63) is 35.4 Å². The number of rotatable bonds is 2. The lowest BCUT2D eigenvalue weighted by molar-refractivity contribution is -0.127. The summed E-state index contributed by atoms with van der Waals surface area (Å²) < 4.78 is 15.9. The van der Waals surface area contributed by atoms with Crippen LogP contribution in [0.4, 0.5) is 0 Å². The summed E-state index contributed by atoms with van der Waals surface area (Å²) in [4.78, 5) is 24.6. The van der Waals surface area contributed by atoms with E-state index in [1.807, 2.05) is 0 Å². The second-order valence-corrected chi connectivity index (χ2v) is 6.33. The van der Waals surface area contributed by atoms with Gasteiger partial charge in [-0.05, 0) is 19.4 Å². The summed E-state index contributed by atoms with van der Waals surface area (Å²) in [6.07, 6.45) is 2.09. The van der Waals surface area contributed by atoms with E-state index in [9.17, 15) is 24.9 Å². The summed E-state index contributed by atoms with van der Waals surface area (Å²) in [5.41, 5.74) is 0.0741. The summed E-state index contributed by atoms with van der Waals surface area (Å²) >= 11 is 0. The van der Waals surface area contributed by atoms with Crippen LogP contribution in [0.25, 0.3) is 6.08 Å². The van der Waals surface area contributed by atoms with E-state index in [-0.39, 0.29) is 41.2 Å². The minimum Gasteiger partial charge on any atom is -0.507 e. The number of phenolic OH excluding ortho intramolecular Hbond substituents is 1. The Hall–Kier alpha value is -2.84. The quantitative estimate of drug-likeness (QED) is 0.649. The number of aliphatic hydroxyl groups is 2. The van der Waals surface area contributed by atoms with E-state index in [4.69, 9.17) is 14.2 Å². The molecule has 0 amide bonds. The highest BCUT2D eigenvalue weighted by Gasteiger charge is 2.26.